The van der Waals surface area contributed by atoms with E-state index >= 15 is 0 Å². The molecule has 0 radical (unpaired) electrons. The number of allylic oxidation sites excluding steroid dienone is 6. The van der Waals surface area contributed by atoms with Crippen LogP contribution in [-0.4, -0.2) is 82.3 Å². The van der Waals surface area contributed by atoms with Gasteiger partial charge in [-0.2, -0.15) is 0 Å². The number of carbonyl (C=O) groups excluding carboxylic acids is 3. The lowest BCUT2D eigenvalue weighted by Crippen LogP contribution is -2.44. The number of unbranched alkanes of at least 4 members (excludes halogenated alkanes) is 25. The van der Waals surface area contributed by atoms with Crippen LogP contribution < -0.4 is 5.11 Å². The molecule has 0 fully saturated rings. The van der Waals surface area contributed by atoms with Crippen LogP contribution in [0.4, 0.5) is 0 Å². The molecule has 356 valence electrons. The summed E-state index contributed by atoms with van der Waals surface area (Å²) in [5.41, 5.74) is 0. The van der Waals surface area contributed by atoms with Gasteiger partial charge in [0, 0.05) is 12.8 Å². The van der Waals surface area contributed by atoms with Crippen LogP contribution >= 0.6 is 0 Å². The van der Waals surface area contributed by atoms with Crippen LogP contribution in [-0.2, 0) is 33.3 Å². The molecule has 0 aliphatic carbocycles. The first-order valence-corrected chi connectivity index (χ1v) is 25.1. The van der Waals surface area contributed by atoms with Gasteiger partial charge in [0.05, 0.1) is 40.3 Å². The number of hydrogen-bond donors (Lipinski definition) is 0. The summed E-state index contributed by atoms with van der Waals surface area (Å²) in [5.74, 6) is -2.29. The minimum absolute atomic E-state index is 0.146. The maximum absolute atomic E-state index is 12.8. The number of nitrogens with zero attached hydrogens (tertiary/aromatic N) is 1. The highest BCUT2D eigenvalue weighted by atomic mass is 16.7. The van der Waals surface area contributed by atoms with Crippen molar-refractivity contribution in [2.45, 2.75) is 232 Å². The Kier molecular flexibility index (Phi) is 42.3. The van der Waals surface area contributed by atoms with Gasteiger partial charge in [-0.3, -0.25) is 9.59 Å². The molecule has 0 heterocycles. The van der Waals surface area contributed by atoms with Crippen molar-refractivity contribution in [2.75, 3.05) is 47.5 Å². The quantitative estimate of drug-likeness (QED) is 0.0196. The molecule has 0 N–H and O–H groups in total. The van der Waals surface area contributed by atoms with Crippen LogP contribution in [0.2, 0.25) is 0 Å². The van der Waals surface area contributed by atoms with Gasteiger partial charge in [-0.15, -0.1) is 0 Å². The van der Waals surface area contributed by atoms with E-state index in [1.165, 1.54) is 135 Å². The standard InChI is InChI=1S/C52H95NO8/c1-6-8-10-12-14-16-18-20-22-24-25-27-28-30-32-34-36-38-40-42-49(54)59-46-48(47-60-52(51(56)57)58-45-44-53(3,4)5)61-50(55)43-41-39-37-35-33-31-29-26-23-21-19-17-15-13-11-9-7-2/h15,17,20-23,48,52H,6-14,16,18-19,24-47H2,1-5H3/b17-15-,22-20-,23-21-. The Labute approximate surface area is 375 Å². The smallest absolute Gasteiger partial charge is 0.306 e. The third-order valence-corrected chi connectivity index (χ3v) is 10.9. The second-order valence-electron chi connectivity index (χ2n) is 18.1. The van der Waals surface area contributed by atoms with Gasteiger partial charge in [0.2, 0.25) is 0 Å². The number of rotatable bonds is 46. The summed E-state index contributed by atoms with van der Waals surface area (Å²) < 4.78 is 22.6. The van der Waals surface area contributed by atoms with Crippen molar-refractivity contribution >= 4 is 17.9 Å². The maximum Gasteiger partial charge on any atom is 0.306 e. The van der Waals surface area contributed by atoms with Crippen LogP contribution in [0.3, 0.4) is 0 Å². The molecule has 0 aromatic carbocycles. The summed E-state index contributed by atoms with van der Waals surface area (Å²) in [6.45, 7) is 4.72. The van der Waals surface area contributed by atoms with Crippen molar-refractivity contribution < 1.29 is 42.9 Å². The minimum atomic E-state index is -1.62. The SMILES string of the molecule is CCCCC/C=C\C/C=C\CCCCCCCCCC(=O)OC(COC(=O)CCCCCCCCCCC/C=C\CCCCCCCC)COC(OCC[N+](C)(C)C)C(=O)[O-]. The molecule has 0 aromatic heterocycles. The molecule has 0 saturated heterocycles. The van der Waals surface area contributed by atoms with E-state index in [9.17, 15) is 19.5 Å². The normalized spacial score (nSPS) is 13.1. The topological polar surface area (TPSA) is 111 Å². The number of esters is 2. The molecule has 2 unspecified atom stereocenters. The van der Waals surface area contributed by atoms with Crippen molar-refractivity contribution in [3.05, 3.63) is 36.5 Å². The van der Waals surface area contributed by atoms with Crippen molar-refractivity contribution in [1.29, 1.82) is 0 Å². The fourth-order valence-corrected chi connectivity index (χ4v) is 6.91. The number of likely N-dealkylation sites (N-methyl/N-ethyl adjacent to an activating group) is 1. The predicted molar refractivity (Wildman–Crippen MR) is 251 cm³/mol. The molecule has 61 heavy (non-hydrogen) atoms. The van der Waals surface area contributed by atoms with Gasteiger partial charge in [0.25, 0.3) is 0 Å². The van der Waals surface area contributed by atoms with Crippen LogP contribution in [0.15, 0.2) is 36.5 Å². The van der Waals surface area contributed by atoms with E-state index in [1.54, 1.807) is 0 Å². The van der Waals surface area contributed by atoms with Gasteiger partial charge >= 0.3 is 11.9 Å². The second kappa shape index (κ2) is 44.1. The van der Waals surface area contributed by atoms with Crippen LogP contribution in [0.5, 0.6) is 0 Å². The molecule has 0 aliphatic heterocycles. The summed E-state index contributed by atoms with van der Waals surface area (Å²) in [4.78, 5) is 37.1. The lowest BCUT2D eigenvalue weighted by molar-refractivity contribution is -0.870. The second-order valence-corrected chi connectivity index (χ2v) is 18.1. The summed E-state index contributed by atoms with van der Waals surface area (Å²) in [5, 5.41) is 11.7. The van der Waals surface area contributed by atoms with Gasteiger partial charge in [-0.1, -0.05) is 172 Å². The number of carboxylic acid groups (broad SMARTS) is 1. The molecule has 2 atom stereocenters. The zero-order chi connectivity index (χ0) is 44.9. The van der Waals surface area contributed by atoms with Gasteiger partial charge in [0.15, 0.2) is 12.4 Å². The predicted octanol–water partition coefficient (Wildman–Crippen LogP) is 12.4. The van der Waals surface area contributed by atoms with E-state index < -0.39 is 24.3 Å². The van der Waals surface area contributed by atoms with Crippen molar-refractivity contribution in [1.82, 2.24) is 0 Å². The molecule has 9 heteroatoms. The largest absolute Gasteiger partial charge is 0.545 e. The Bertz CT molecular complexity index is 1100. The van der Waals surface area contributed by atoms with Gasteiger partial charge in [-0.25, -0.2) is 0 Å². The highest BCUT2D eigenvalue weighted by Gasteiger charge is 2.21. The molecule has 0 aromatic rings. The van der Waals surface area contributed by atoms with E-state index in [2.05, 4.69) is 50.3 Å². The first-order valence-electron chi connectivity index (χ1n) is 25.1. The van der Waals surface area contributed by atoms with Crippen LogP contribution in [0, 0.1) is 0 Å². The van der Waals surface area contributed by atoms with Crippen molar-refractivity contribution in [3.63, 3.8) is 0 Å². The molecular formula is C52H95NO8. The number of quaternary nitrogens is 1. The van der Waals surface area contributed by atoms with E-state index in [-0.39, 0.29) is 38.6 Å². The fourth-order valence-electron chi connectivity index (χ4n) is 6.91. The zero-order valence-corrected chi connectivity index (χ0v) is 40.3. The third kappa shape index (κ3) is 45.4. The van der Waals surface area contributed by atoms with Crippen LogP contribution in [0.1, 0.15) is 219 Å². The monoisotopic (exact) mass is 862 g/mol. The number of carboxylic acids is 1. The maximum atomic E-state index is 12.8. The molecule has 0 aliphatic rings. The molecule has 0 spiro atoms. The van der Waals surface area contributed by atoms with E-state index in [0.717, 1.165) is 51.4 Å². The zero-order valence-electron chi connectivity index (χ0n) is 40.3. The molecule has 0 saturated carbocycles. The number of ether oxygens (including phenoxy) is 4. The van der Waals surface area contributed by atoms with Crippen molar-refractivity contribution in [3.8, 4) is 0 Å². The summed E-state index contributed by atoms with van der Waals surface area (Å²) >= 11 is 0. The third-order valence-electron chi connectivity index (χ3n) is 10.9. The highest BCUT2D eigenvalue weighted by molar-refractivity contribution is 5.70. The average Bonchev–Trinajstić information content (AvgIpc) is 3.22. The summed E-state index contributed by atoms with van der Waals surface area (Å²) in [6.07, 6.45) is 47.4. The van der Waals surface area contributed by atoms with E-state index in [0.29, 0.717) is 17.4 Å². The first-order chi connectivity index (χ1) is 29.6. The average molecular weight is 862 g/mol. The number of aliphatic carboxylic acids is 1. The molecule has 0 bridgehead atoms. The van der Waals surface area contributed by atoms with Gasteiger partial charge < -0.3 is 33.3 Å². The lowest BCUT2D eigenvalue weighted by atomic mass is 10.1. The first kappa shape index (κ1) is 58.5. The summed E-state index contributed by atoms with van der Waals surface area (Å²) in [7, 11) is 5.91. The van der Waals surface area contributed by atoms with E-state index in [1.807, 2.05) is 21.1 Å². The summed E-state index contributed by atoms with van der Waals surface area (Å²) in [6, 6.07) is 0. The Balaban J connectivity index is 4.36. The molecular weight excluding hydrogens is 767 g/mol. The lowest BCUT2D eigenvalue weighted by Gasteiger charge is -2.26. The molecule has 0 rings (SSSR count). The Morgan fingerprint density at radius 3 is 1.34 bits per heavy atom. The number of hydrogen-bond acceptors (Lipinski definition) is 8. The minimum Gasteiger partial charge on any atom is -0.545 e. The molecule has 9 nitrogen and oxygen atoms in total. The fraction of sp³-hybridized carbons (Fsp3) is 0.827. The van der Waals surface area contributed by atoms with E-state index in [4.69, 9.17) is 18.9 Å². The Morgan fingerprint density at radius 1 is 0.492 bits per heavy atom. The highest BCUT2D eigenvalue weighted by Crippen LogP contribution is 2.15. The van der Waals surface area contributed by atoms with Gasteiger partial charge in [-0.05, 0) is 70.6 Å². The Morgan fingerprint density at radius 2 is 0.885 bits per heavy atom. The Hall–Kier alpha value is -2.49. The van der Waals surface area contributed by atoms with Crippen molar-refractivity contribution in [2.24, 2.45) is 0 Å². The molecule has 0 amide bonds. The number of carbonyl (C=O) groups is 3. The van der Waals surface area contributed by atoms with Crippen LogP contribution in [0.25, 0.3) is 0 Å². The van der Waals surface area contributed by atoms with Gasteiger partial charge in [0.1, 0.15) is 13.2 Å².